The van der Waals surface area contributed by atoms with Gasteiger partial charge in [0.25, 0.3) is 0 Å². The molecule has 1 N–H and O–H groups in total. The molecule has 21 heavy (non-hydrogen) atoms. The Bertz CT molecular complexity index is 767. The minimum atomic E-state index is -3.20. The van der Waals surface area contributed by atoms with E-state index in [1.165, 1.54) is 0 Å². The molecule has 1 aromatic heterocycles. The maximum atomic E-state index is 12.4. The molecule has 0 saturated heterocycles. The van der Waals surface area contributed by atoms with E-state index in [1.54, 1.807) is 23.5 Å². The Morgan fingerprint density at radius 1 is 1.38 bits per heavy atom. The molecule has 0 radical (unpaired) electrons. The molecule has 0 spiro atoms. The Kier molecular flexibility index (Phi) is 3.63. The van der Waals surface area contributed by atoms with Crippen LogP contribution in [0.15, 0.2) is 34.5 Å². The Hall–Kier alpha value is -1.24. The molecular formula is C15H18N2O2S2. The zero-order chi connectivity index (χ0) is 15.1. The third kappa shape index (κ3) is 2.31. The van der Waals surface area contributed by atoms with E-state index in [9.17, 15) is 8.42 Å². The van der Waals surface area contributed by atoms with Crippen LogP contribution in [0.1, 0.15) is 29.6 Å². The normalized spacial score (nSPS) is 23.7. The highest BCUT2D eigenvalue weighted by atomic mass is 32.2. The van der Waals surface area contributed by atoms with Crippen LogP contribution in [0.3, 0.4) is 0 Å². The Balaban J connectivity index is 2.27. The number of nitrogens with one attached hydrogen (secondary N) is 1. The number of hydrogen-bond acceptors (Lipinski definition) is 5. The van der Waals surface area contributed by atoms with Gasteiger partial charge in [0, 0.05) is 11.1 Å². The average Bonchev–Trinajstić information content (AvgIpc) is 2.90. The van der Waals surface area contributed by atoms with E-state index < -0.39 is 15.4 Å². The number of sulfone groups is 1. The van der Waals surface area contributed by atoms with Crippen molar-refractivity contribution in [3.63, 3.8) is 0 Å². The summed E-state index contributed by atoms with van der Waals surface area (Å²) in [6.45, 7) is 4.76. The van der Waals surface area contributed by atoms with Crippen molar-refractivity contribution in [3.05, 3.63) is 45.9 Å². The molecule has 1 atom stereocenters. The van der Waals surface area contributed by atoms with Gasteiger partial charge in [-0.3, -0.25) is 0 Å². The monoisotopic (exact) mass is 322 g/mol. The van der Waals surface area contributed by atoms with Gasteiger partial charge < -0.3 is 5.32 Å². The van der Waals surface area contributed by atoms with E-state index in [0.717, 1.165) is 22.8 Å². The van der Waals surface area contributed by atoms with E-state index in [4.69, 9.17) is 0 Å². The maximum Gasteiger partial charge on any atom is 0.178 e. The number of aromatic nitrogens is 1. The number of nitrogens with zero attached hydrogens (tertiary/aromatic N) is 1. The van der Waals surface area contributed by atoms with Gasteiger partial charge in [0.1, 0.15) is 5.01 Å². The molecule has 1 aliphatic rings. The summed E-state index contributed by atoms with van der Waals surface area (Å²) in [5.41, 5.74) is 1.31. The number of rotatable bonds is 3. The molecule has 0 aliphatic carbocycles. The first-order chi connectivity index (χ1) is 9.99. The molecule has 6 heteroatoms. The van der Waals surface area contributed by atoms with Gasteiger partial charge >= 0.3 is 0 Å². The summed E-state index contributed by atoms with van der Waals surface area (Å²) in [5, 5.41) is 6.47. The molecule has 0 amide bonds. The Morgan fingerprint density at radius 3 is 2.81 bits per heavy atom. The second-order valence-corrected chi connectivity index (χ2v) is 8.23. The standard InChI is InChI=1S/C15H18N2O2S2/c1-3-16-15(14-17-11(2)10-20-14)8-9-21(18,19)13-7-5-4-6-12(13)15/h4-7,10,16H,3,8-9H2,1-2H3. The molecule has 1 aromatic carbocycles. The van der Waals surface area contributed by atoms with Gasteiger partial charge in [-0.05, 0) is 31.5 Å². The Morgan fingerprint density at radius 2 is 2.14 bits per heavy atom. The highest BCUT2D eigenvalue weighted by Gasteiger charge is 2.44. The topological polar surface area (TPSA) is 59.1 Å². The summed E-state index contributed by atoms with van der Waals surface area (Å²) >= 11 is 1.59. The lowest BCUT2D eigenvalue weighted by molar-refractivity contribution is 0.379. The lowest BCUT2D eigenvalue weighted by atomic mass is 9.87. The number of benzene rings is 1. The van der Waals surface area contributed by atoms with Crippen molar-refractivity contribution in [1.82, 2.24) is 10.3 Å². The first kappa shape index (κ1) is 14.7. The van der Waals surface area contributed by atoms with Crippen molar-refractivity contribution in [3.8, 4) is 0 Å². The zero-order valence-corrected chi connectivity index (χ0v) is 13.7. The first-order valence-electron chi connectivity index (χ1n) is 6.99. The lowest BCUT2D eigenvalue weighted by Crippen LogP contribution is -2.48. The summed E-state index contributed by atoms with van der Waals surface area (Å²) in [5.74, 6) is 0.148. The number of thiazole rings is 1. The van der Waals surface area contributed by atoms with Gasteiger partial charge in [-0.2, -0.15) is 0 Å². The lowest BCUT2D eigenvalue weighted by Gasteiger charge is -2.38. The van der Waals surface area contributed by atoms with Gasteiger partial charge in [0.05, 0.1) is 16.2 Å². The van der Waals surface area contributed by atoms with Crippen molar-refractivity contribution in [2.45, 2.75) is 30.7 Å². The second kappa shape index (κ2) is 5.19. The van der Waals surface area contributed by atoms with Gasteiger partial charge in [0.15, 0.2) is 9.84 Å². The molecule has 0 fully saturated rings. The molecule has 2 aromatic rings. The number of aryl methyl sites for hydroxylation is 1. The maximum absolute atomic E-state index is 12.4. The summed E-state index contributed by atoms with van der Waals surface area (Å²) < 4.78 is 24.7. The van der Waals surface area contributed by atoms with Crippen molar-refractivity contribution in [2.75, 3.05) is 12.3 Å². The highest BCUT2D eigenvalue weighted by molar-refractivity contribution is 7.91. The third-order valence-corrected chi connectivity index (χ3v) is 6.78. The van der Waals surface area contributed by atoms with Crippen molar-refractivity contribution in [2.24, 2.45) is 0 Å². The summed E-state index contributed by atoms with van der Waals surface area (Å²) in [7, 11) is -3.20. The van der Waals surface area contributed by atoms with Gasteiger partial charge in [-0.1, -0.05) is 25.1 Å². The fourth-order valence-electron chi connectivity index (χ4n) is 2.96. The quantitative estimate of drug-likeness (QED) is 0.943. The summed E-state index contributed by atoms with van der Waals surface area (Å²) in [6.07, 6.45) is 0.521. The van der Waals surface area contributed by atoms with Crippen LogP contribution in [0.4, 0.5) is 0 Å². The molecule has 3 rings (SSSR count). The van der Waals surface area contributed by atoms with Crippen molar-refractivity contribution < 1.29 is 8.42 Å². The minimum absolute atomic E-state index is 0.148. The van der Waals surface area contributed by atoms with Gasteiger partial charge in [0.2, 0.25) is 0 Å². The van der Waals surface area contributed by atoms with E-state index in [2.05, 4.69) is 10.3 Å². The fourth-order valence-corrected chi connectivity index (χ4v) is 5.63. The number of fused-ring (bicyclic) bond motifs is 1. The molecular weight excluding hydrogens is 304 g/mol. The molecule has 2 heterocycles. The van der Waals surface area contributed by atoms with E-state index >= 15 is 0 Å². The van der Waals surface area contributed by atoms with Crippen LogP contribution < -0.4 is 5.32 Å². The second-order valence-electron chi connectivity index (χ2n) is 5.29. The highest BCUT2D eigenvalue weighted by Crippen LogP contribution is 2.42. The van der Waals surface area contributed by atoms with E-state index in [0.29, 0.717) is 11.3 Å². The predicted molar refractivity (Wildman–Crippen MR) is 84.4 cm³/mol. The zero-order valence-electron chi connectivity index (χ0n) is 12.1. The van der Waals surface area contributed by atoms with E-state index in [1.807, 2.05) is 31.4 Å². The van der Waals surface area contributed by atoms with Crippen LogP contribution in [0, 0.1) is 6.92 Å². The Labute approximate surface area is 129 Å². The summed E-state index contributed by atoms with van der Waals surface area (Å²) in [4.78, 5) is 5.07. The minimum Gasteiger partial charge on any atom is -0.302 e. The molecule has 1 unspecified atom stereocenters. The van der Waals surface area contributed by atoms with Crippen molar-refractivity contribution in [1.29, 1.82) is 0 Å². The molecule has 0 saturated carbocycles. The third-order valence-electron chi connectivity index (χ3n) is 3.89. The van der Waals surface area contributed by atoms with Crippen LogP contribution in [0.2, 0.25) is 0 Å². The molecule has 0 bridgehead atoms. The predicted octanol–water partition coefficient (Wildman–Crippen LogP) is 2.48. The van der Waals surface area contributed by atoms with Gasteiger partial charge in [-0.25, -0.2) is 13.4 Å². The van der Waals surface area contributed by atoms with Crippen LogP contribution in [0.5, 0.6) is 0 Å². The molecule has 4 nitrogen and oxygen atoms in total. The fraction of sp³-hybridized carbons (Fsp3) is 0.400. The largest absolute Gasteiger partial charge is 0.302 e. The van der Waals surface area contributed by atoms with Crippen LogP contribution in [-0.2, 0) is 15.4 Å². The molecule has 112 valence electrons. The SMILES string of the molecule is CCNC1(c2nc(C)cs2)CCS(=O)(=O)c2ccccc21. The number of hydrogen-bond donors (Lipinski definition) is 1. The summed E-state index contributed by atoms with van der Waals surface area (Å²) in [6, 6.07) is 7.29. The van der Waals surface area contributed by atoms with E-state index in [-0.39, 0.29) is 5.75 Å². The average molecular weight is 322 g/mol. The van der Waals surface area contributed by atoms with Gasteiger partial charge in [-0.15, -0.1) is 11.3 Å². The van der Waals surface area contributed by atoms with Crippen LogP contribution >= 0.6 is 11.3 Å². The van der Waals surface area contributed by atoms with Crippen LogP contribution in [-0.4, -0.2) is 25.7 Å². The van der Waals surface area contributed by atoms with Crippen molar-refractivity contribution >= 4 is 21.2 Å². The van der Waals surface area contributed by atoms with Crippen LogP contribution in [0.25, 0.3) is 0 Å². The molecule has 1 aliphatic heterocycles. The first-order valence-corrected chi connectivity index (χ1v) is 9.53. The smallest absolute Gasteiger partial charge is 0.178 e.